The van der Waals surface area contributed by atoms with E-state index in [1.165, 1.54) is 18.7 Å². The fraction of sp³-hybridized carbons (Fsp3) is 0.714. The van der Waals surface area contributed by atoms with Gasteiger partial charge in [-0.15, -0.1) is 0 Å². The number of aliphatic carboxylic acids is 1. The van der Waals surface area contributed by atoms with Crippen LogP contribution in [0.15, 0.2) is 4.99 Å². The summed E-state index contributed by atoms with van der Waals surface area (Å²) in [6, 6.07) is -2.70. The van der Waals surface area contributed by atoms with Crippen LogP contribution in [0.5, 0.6) is 0 Å². The van der Waals surface area contributed by atoms with Gasteiger partial charge in [-0.3, -0.25) is 14.6 Å². The number of nitrogens with one attached hydrogen (secondary N) is 2. The van der Waals surface area contributed by atoms with E-state index in [0.29, 0.717) is 18.6 Å². The van der Waals surface area contributed by atoms with Gasteiger partial charge < -0.3 is 32.9 Å². The molecule has 0 fully saturated rings. The van der Waals surface area contributed by atoms with E-state index in [-0.39, 0.29) is 18.9 Å². The molecule has 10 nitrogen and oxygen atoms in total. The van der Waals surface area contributed by atoms with Gasteiger partial charge in [0.15, 0.2) is 5.96 Å². The van der Waals surface area contributed by atoms with E-state index in [1.54, 1.807) is 0 Å². The first-order valence-electron chi connectivity index (χ1n) is 7.82. The first kappa shape index (κ1) is 23.0. The number of hydrogen-bond acceptors (Lipinski definition) is 6. The van der Waals surface area contributed by atoms with E-state index in [4.69, 9.17) is 17.2 Å². The Hall–Kier alpha value is -2.01. The van der Waals surface area contributed by atoms with Gasteiger partial charge in [-0.05, 0) is 38.2 Å². The number of hydrogen-bond donors (Lipinski definition) is 6. The number of aliphatic imine (C=N–C) groups is 1. The number of nitrogens with zero attached hydrogens (tertiary/aromatic N) is 1. The zero-order chi connectivity index (χ0) is 19.4. The summed E-state index contributed by atoms with van der Waals surface area (Å²) in [6.07, 6.45) is 2.78. The van der Waals surface area contributed by atoms with Crippen molar-refractivity contribution in [3.8, 4) is 0 Å². The summed E-state index contributed by atoms with van der Waals surface area (Å²) in [7, 11) is 0. The topological polar surface area (TPSA) is 186 Å². The maximum absolute atomic E-state index is 12.4. The van der Waals surface area contributed by atoms with Crippen LogP contribution < -0.4 is 27.8 Å². The van der Waals surface area contributed by atoms with Gasteiger partial charge in [-0.1, -0.05) is 0 Å². The van der Waals surface area contributed by atoms with Gasteiger partial charge in [0.25, 0.3) is 0 Å². The van der Waals surface area contributed by atoms with Crippen molar-refractivity contribution in [3.63, 3.8) is 0 Å². The van der Waals surface area contributed by atoms with Crippen LogP contribution in [-0.4, -0.2) is 65.5 Å². The highest BCUT2D eigenvalue weighted by molar-refractivity contribution is 7.98. The van der Waals surface area contributed by atoms with E-state index in [2.05, 4.69) is 15.6 Å². The quantitative estimate of drug-likeness (QED) is 0.131. The number of carboxylic acids is 1. The molecule has 0 aliphatic carbocycles. The SMILES string of the molecule is CSCC[C@H](NC(=O)[C@H](C)N)C(=O)N[C@@H](CCCN=C(N)N)C(=O)O. The highest BCUT2D eigenvalue weighted by Crippen LogP contribution is 2.04. The van der Waals surface area contributed by atoms with E-state index in [0.717, 1.165) is 0 Å². The van der Waals surface area contributed by atoms with Crippen molar-refractivity contribution in [1.82, 2.24) is 10.6 Å². The molecule has 0 saturated heterocycles. The lowest BCUT2D eigenvalue weighted by Crippen LogP contribution is -2.54. The van der Waals surface area contributed by atoms with E-state index < -0.39 is 35.9 Å². The Morgan fingerprint density at radius 3 is 2.20 bits per heavy atom. The smallest absolute Gasteiger partial charge is 0.326 e. The van der Waals surface area contributed by atoms with Gasteiger partial charge in [0, 0.05) is 6.54 Å². The molecule has 0 radical (unpaired) electrons. The fourth-order valence-electron chi connectivity index (χ4n) is 1.84. The second-order valence-corrected chi connectivity index (χ2v) is 6.47. The molecule has 0 bridgehead atoms. The third-order valence-electron chi connectivity index (χ3n) is 3.22. The summed E-state index contributed by atoms with van der Waals surface area (Å²) in [5.74, 6) is -1.65. The lowest BCUT2D eigenvalue weighted by atomic mass is 10.1. The number of carboxylic acid groups (broad SMARTS) is 1. The van der Waals surface area contributed by atoms with Crippen molar-refractivity contribution in [1.29, 1.82) is 0 Å². The molecule has 0 saturated carbocycles. The van der Waals surface area contributed by atoms with Crippen LogP contribution >= 0.6 is 11.8 Å². The average molecular weight is 376 g/mol. The molecule has 0 rings (SSSR count). The Morgan fingerprint density at radius 2 is 1.72 bits per heavy atom. The minimum absolute atomic E-state index is 0.0772. The molecule has 144 valence electrons. The molecule has 0 unspecified atom stereocenters. The maximum Gasteiger partial charge on any atom is 0.326 e. The fourth-order valence-corrected chi connectivity index (χ4v) is 2.31. The number of guanidine groups is 1. The molecule has 0 aliphatic heterocycles. The summed E-state index contributed by atoms with van der Waals surface area (Å²) in [5, 5.41) is 14.2. The molecule has 0 heterocycles. The predicted octanol–water partition coefficient (Wildman–Crippen LogP) is -1.81. The average Bonchev–Trinajstić information content (AvgIpc) is 2.53. The highest BCUT2D eigenvalue weighted by Gasteiger charge is 2.26. The van der Waals surface area contributed by atoms with E-state index in [1.807, 2.05) is 6.26 Å². The highest BCUT2D eigenvalue weighted by atomic mass is 32.2. The summed E-state index contributed by atoms with van der Waals surface area (Å²) in [5.41, 5.74) is 15.9. The van der Waals surface area contributed by atoms with Crippen LogP contribution in [0.25, 0.3) is 0 Å². The van der Waals surface area contributed by atoms with Gasteiger partial charge in [0.05, 0.1) is 6.04 Å². The second-order valence-electron chi connectivity index (χ2n) is 5.48. The maximum atomic E-state index is 12.4. The molecule has 2 amide bonds. The van der Waals surface area contributed by atoms with Gasteiger partial charge in [0.1, 0.15) is 12.1 Å². The normalized spacial score (nSPS) is 14.0. The van der Waals surface area contributed by atoms with Gasteiger partial charge in [0.2, 0.25) is 11.8 Å². The van der Waals surface area contributed by atoms with Gasteiger partial charge >= 0.3 is 5.97 Å². The summed E-state index contributed by atoms with van der Waals surface area (Å²) in [6.45, 7) is 1.77. The third-order valence-corrected chi connectivity index (χ3v) is 3.86. The van der Waals surface area contributed by atoms with Crippen LogP contribution in [-0.2, 0) is 14.4 Å². The van der Waals surface area contributed by atoms with Crippen LogP contribution in [0.1, 0.15) is 26.2 Å². The molecule has 0 aromatic heterocycles. The van der Waals surface area contributed by atoms with E-state index >= 15 is 0 Å². The molecule has 0 spiro atoms. The van der Waals surface area contributed by atoms with Crippen LogP contribution in [0.4, 0.5) is 0 Å². The monoisotopic (exact) mass is 376 g/mol. The van der Waals surface area contributed by atoms with Gasteiger partial charge in [-0.2, -0.15) is 11.8 Å². The molecule has 0 aromatic carbocycles. The Morgan fingerprint density at radius 1 is 1.12 bits per heavy atom. The Balaban J connectivity index is 4.79. The third kappa shape index (κ3) is 10.5. The molecule has 0 aromatic rings. The first-order chi connectivity index (χ1) is 11.7. The van der Waals surface area contributed by atoms with Gasteiger partial charge in [-0.25, -0.2) is 4.79 Å². The summed E-state index contributed by atoms with van der Waals surface area (Å²) in [4.78, 5) is 39.2. The molecular formula is C14H28N6O4S. The standard InChI is InChI=1S/C14H28N6O4S/c1-8(15)11(21)19-9(5-7-25-2)12(22)20-10(13(23)24)4-3-6-18-14(16)17/h8-10H,3-7,15H2,1-2H3,(H,19,21)(H,20,22)(H,23,24)(H4,16,17,18)/t8-,9-,10-/m0/s1. The molecule has 25 heavy (non-hydrogen) atoms. The molecular weight excluding hydrogens is 348 g/mol. The summed E-state index contributed by atoms with van der Waals surface area (Å²) >= 11 is 1.51. The minimum atomic E-state index is -1.17. The van der Waals surface area contributed by atoms with Crippen LogP contribution in [0.2, 0.25) is 0 Å². The van der Waals surface area contributed by atoms with Crippen LogP contribution in [0.3, 0.4) is 0 Å². The predicted molar refractivity (Wildman–Crippen MR) is 98.1 cm³/mol. The minimum Gasteiger partial charge on any atom is -0.480 e. The molecule has 0 aliphatic rings. The molecule has 3 atom stereocenters. The van der Waals surface area contributed by atoms with Crippen molar-refractivity contribution >= 4 is 35.5 Å². The Labute approximate surface area is 151 Å². The number of carbonyl (C=O) groups excluding carboxylic acids is 2. The summed E-state index contributed by atoms with van der Waals surface area (Å²) < 4.78 is 0. The number of nitrogens with two attached hydrogens (primary N) is 3. The van der Waals surface area contributed by atoms with Crippen molar-refractivity contribution < 1.29 is 19.5 Å². The molecule has 9 N–H and O–H groups in total. The Kier molecular flexibility index (Phi) is 11.4. The van der Waals surface area contributed by atoms with Crippen molar-refractivity contribution in [3.05, 3.63) is 0 Å². The lowest BCUT2D eigenvalue weighted by Gasteiger charge is -2.22. The van der Waals surface area contributed by atoms with Crippen molar-refractivity contribution in [2.24, 2.45) is 22.2 Å². The zero-order valence-corrected chi connectivity index (χ0v) is 15.3. The first-order valence-corrected chi connectivity index (χ1v) is 9.21. The molecule has 11 heteroatoms. The van der Waals surface area contributed by atoms with Crippen molar-refractivity contribution in [2.75, 3.05) is 18.6 Å². The largest absolute Gasteiger partial charge is 0.480 e. The lowest BCUT2D eigenvalue weighted by molar-refractivity contribution is -0.142. The second kappa shape index (κ2) is 12.4. The number of rotatable bonds is 12. The van der Waals surface area contributed by atoms with Crippen molar-refractivity contribution in [2.45, 2.75) is 44.3 Å². The number of thioether (sulfide) groups is 1. The Bertz CT molecular complexity index is 482. The van der Waals surface area contributed by atoms with E-state index in [9.17, 15) is 19.5 Å². The van der Waals surface area contributed by atoms with Crippen LogP contribution in [0, 0.1) is 0 Å². The number of amides is 2. The number of carbonyl (C=O) groups is 3. The zero-order valence-electron chi connectivity index (χ0n) is 14.5.